The number of ketones is 1. The van der Waals surface area contributed by atoms with Crippen LogP contribution >= 0.6 is 0 Å². The highest BCUT2D eigenvalue weighted by atomic mass is 16.7. The van der Waals surface area contributed by atoms with Gasteiger partial charge in [-0.15, -0.1) is 0 Å². The molecule has 8 nitrogen and oxygen atoms in total. The first-order valence-electron chi connectivity index (χ1n) is 11.2. The number of fused-ring (bicyclic) bond motifs is 2. The molecule has 2 N–H and O–H groups in total. The molecule has 0 atom stereocenters. The van der Waals surface area contributed by atoms with Crippen LogP contribution in [0.25, 0.3) is 6.08 Å². The molecule has 0 aromatic heterocycles. The van der Waals surface area contributed by atoms with Crippen LogP contribution in [0.1, 0.15) is 21.5 Å². The van der Waals surface area contributed by atoms with Crippen molar-refractivity contribution in [3.05, 3.63) is 83.1 Å². The number of urea groups is 1. The fourth-order valence-corrected chi connectivity index (χ4v) is 4.21. The Hall–Kier alpha value is -4.46. The van der Waals surface area contributed by atoms with Crippen molar-refractivity contribution in [3.63, 3.8) is 0 Å². The van der Waals surface area contributed by atoms with Crippen LogP contribution in [0, 0.1) is 0 Å². The molecular formula is C27H25N3O5. The van der Waals surface area contributed by atoms with E-state index in [4.69, 9.17) is 14.2 Å². The number of carbonyl (C=O) groups excluding carboxylic acids is 2. The van der Waals surface area contributed by atoms with Gasteiger partial charge in [-0.25, -0.2) is 4.79 Å². The van der Waals surface area contributed by atoms with Crippen molar-refractivity contribution in [2.45, 2.75) is 6.42 Å². The maximum atomic E-state index is 13.5. The van der Waals surface area contributed by atoms with Gasteiger partial charge >= 0.3 is 6.03 Å². The number of nitrogens with one attached hydrogen (secondary N) is 2. The van der Waals surface area contributed by atoms with E-state index < -0.39 is 0 Å². The molecule has 178 valence electrons. The summed E-state index contributed by atoms with van der Waals surface area (Å²) in [7, 11) is 3.48. The van der Waals surface area contributed by atoms with Gasteiger partial charge in [0.2, 0.25) is 18.3 Å². The van der Waals surface area contributed by atoms with E-state index in [2.05, 4.69) is 10.6 Å². The molecule has 2 aliphatic heterocycles. The first-order valence-corrected chi connectivity index (χ1v) is 11.2. The van der Waals surface area contributed by atoms with Gasteiger partial charge in [-0.05, 0) is 60.5 Å². The highest BCUT2D eigenvalue weighted by Crippen LogP contribution is 2.46. The lowest BCUT2D eigenvalue weighted by atomic mass is 10.0. The Bertz CT molecular complexity index is 1300. The third-order valence-corrected chi connectivity index (χ3v) is 6.03. The number of ether oxygens (including phenoxy) is 3. The summed E-state index contributed by atoms with van der Waals surface area (Å²) in [6.45, 7) is 0.806. The van der Waals surface area contributed by atoms with Crippen LogP contribution in [0.5, 0.6) is 17.2 Å². The molecule has 3 aromatic rings. The second-order valence-corrected chi connectivity index (χ2v) is 8.27. The molecule has 0 fully saturated rings. The summed E-state index contributed by atoms with van der Waals surface area (Å²) in [5, 5.41) is 5.54. The lowest BCUT2D eigenvalue weighted by Crippen LogP contribution is -2.24. The summed E-state index contributed by atoms with van der Waals surface area (Å²) in [6.07, 6.45) is 2.58. The van der Waals surface area contributed by atoms with E-state index in [1.807, 2.05) is 42.3 Å². The minimum Gasteiger partial charge on any atom is -0.492 e. The van der Waals surface area contributed by atoms with Gasteiger partial charge in [0, 0.05) is 36.1 Å². The Morgan fingerprint density at radius 2 is 1.69 bits per heavy atom. The quantitative estimate of drug-likeness (QED) is 0.521. The van der Waals surface area contributed by atoms with E-state index in [9.17, 15) is 9.59 Å². The topological polar surface area (TPSA) is 89.1 Å². The summed E-state index contributed by atoms with van der Waals surface area (Å²) >= 11 is 0. The van der Waals surface area contributed by atoms with Gasteiger partial charge in [0.05, 0.1) is 12.8 Å². The number of nitrogens with zero attached hydrogens (tertiary/aromatic N) is 1. The SMILES string of the molecule is COc1c2c(cc3c1OCO3)CCN(C)C(C(=O)c1ccc(NC(=O)Nc3ccccc3)cc1)=C2. The fraction of sp³-hybridized carbons (Fsp3) is 0.185. The maximum Gasteiger partial charge on any atom is 0.323 e. The standard InChI is InChI=1S/C27H25N3O5/c1-30-13-12-18-14-23-26(35-16-34-23)25(33-2)21(18)15-22(30)24(31)17-8-10-20(11-9-17)29-27(32)28-19-6-4-3-5-7-19/h3-11,14-15H,12-13,16H2,1-2H3,(H2,28,29,32). The third kappa shape index (κ3) is 4.50. The number of carbonyl (C=O) groups is 2. The number of benzene rings is 3. The number of Topliss-reactive ketones (excluding diaryl/α,β-unsaturated/α-hetero) is 1. The van der Waals surface area contributed by atoms with E-state index in [0.29, 0.717) is 46.4 Å². The number of methoxy groups -OCH3 is 1. The summed E-state index contributed by atoms with van der Waals surface area (Å²) in [6, 6.07) is 17.6. The zero-order chi connectivity index (χ0) is 24.4. The molecule has 0 bridgehead atoms. The lowest BCUT2D eigenvalue weighted by molar-refractivity contribution is 0.100. The number of likely N-dealkylation sites (N-methyl/N-ethyl adjacent to an activating group) is 1. The van der Waals surface area contributed by atoms with Crippen molar-refractivity contribution >= 4 is 29.3 Å². The van der Waals surface area contributed by atoms with E-state index >= 15 is 0 Å². The highest BCUT2D eigenvalue weighted by molar-refractivity contribution is 6.11. The van der Waals surface area contributed by atoms with Crippen molar-refractivity contribution in [1.82, 2.24) is 4.90 Å². The van der Waals surface area contributed by atoms with Crippen LogP contribution in [0.15, 0.2) is 66.4 Å². The second kappa shape index (κ2) is 9.42. The predicted octanol–water partition coefficient (Wildman–Crippen LogP) is 4.78. The van der Waals surface area contributed by atoms with Crippen molar-refractivity contribution < 1.29 is 23.8 Å². The first-order chi connectivity index (χ1) is 17.0. The molecule has 0 saturated heterocycles. The summed E-state index contributed by atoms with van der Waals surface area (Å²) in [5.74, 6) is 1.66. The predicted molar refractivity (Wildman–Crippen MR) is 133 cm³/mol. The maximum absolute atomic E-state index is 13.5. The van der Waals surface area contributed by atoms with Crippen LogP contribution in [0.2, 0.25) is 0 Å². The molecule has 0 aliphatic carbocycles. The molecule has 0 radical (unpaired) electrons. The van der Waals surface area contributed by atoms with Gasteiger partial charge in [-0.1, -0.05) is 18.2 Å². The smallest absolute Gasteiger partial charge is 0.323 e. The van der Waals surface area contributed by atoms with E-state index in [0.717, 1.165) is 17.5 Å². The lowest BCUT2D eigenvalue weighted by Gasteiger charge is -2.20. The molecule has 3 aromatic carbocycles. The molecule has 2 aliphatic rings. The second-order valence-electron chi connectivity index (χ2n) is 8.27. The Morgan fingerprint density at radius 1 is 0.971 bits per heavy atom. The van der Waals surface area contributed by atoms with Gasteiger partial charge in [-0.3, -0.25) is 4.79 Å². The molecule has 2 amide bonds. The zero-order valence-electron chi connectivity index (χ0n) is 19.5. The van der Waals surface area contributed by atoms with Crippen molar-refractivity contribution in [2.24, 2.45) is 0 Å². The summed E-state index contributed by atoms with van der Waals surface area (Å²) < 4.78 is 16.8. The molecule has 0 saturated carbocycles. The number of hydrogen-bond acceptors (Lipinski definition) is 6. The van der Waals surface area contributed by atoms with Gasteiger partial charge in [0.25, 0.3) is 0 Å². The van der Waals surface area contributed by atoms with Crippen molar-refractivity contribution in [2.75, 3.05) is 38.1 Å². The van der Waals surface area contributed by atoms with Crippen LogP contribution < -0.4 is 24.8 Å². The average molecular weight is 472 g/mol. The van der Waals surface area contributed by atoms with Gasteiger partial charge in [0.1, 0.15) is 0 Å². The van der Waals surface area contributed by atoms with Gasteiger partial charge < -0.3 is 29.7 Å². The van der Waals surface area contributed by atoms with Crippen LogP contribution in [0.3, 0.4) is 0 Å². The summed E-state index contributed by atoms with van der Waals surface area (Å²) in [5.41, 5.74) is 4.19. The number of amides is 2. The fourth-order valence-electron chi connectivity index (χ4n) is 4.21. The normalized spacial score (nSPS) is 13.9. The Balaban J connectivity index is 1.37. The molecular weight excluding hydrogens is 446 g/mol. The van der Waals surface area contributed by atoms with Crippen LogP contribution in [-0.2, 0) is 6.42 Å². The van der Waals surface area contributed by atoms with E-state index in [-0.39, 0.29) is 18.6 Å². The molecule has 2 heterocycles. The van der Waals surface area contributed by atoms with Gasteiger partial charge in [-0.2, -0.15) is 0 Å². The zero-order valence-corrected chi connectivity index (χ0v) is 19.5. The Kier molecular flexibility index (Phi) is 6.01. The number of rotatable bonds is 5. The molecule has 0 spiro atoms. The molecule has 8 heteroatoms. The largest absolute Gasteiger partial charge is 0.492 e. The monoisotopic (exact) mass is 471 g/mol. The average Bonchev–Trinajstić information content (AvgIpc) is 3.27. The van der Waals surface area contributed by atoms with E-state index in [1.165, 1.54) is 0 Å². The van der Waals surface area contributed by atoms with Crippen molar-refractivity contribution in [1.29, 1.82) is 0 Å². The minimum absolute atomic E-state index is 0.125. The van der Waals surface area contributed by atoms with Crippen LogP contribution in [0.4, 0.5) is 16.2 Å². The van der Waals surface area contributed by atoms with E-state index in [1.54, 1.807) is 43.5 Å². The number of hydrogen-bond donors (Lipinski definition) is 2. The number of para-hydroxylation sites is 1. The van der Waals surface area contributed by atoms with Crippen LogP contribution in [-0.4, -0.2) is 44.2 Å². The van der Waals surface area contributed by atoms with Gasteiger partial charge in [0.15, 0.2) is 11.5 Å². The Morgan fingerprint density at radius 3 is 2.40 bits per heavy atom. The van der Waals surface area contributed by atoms with Crippen molar-refractivity contribution in [3.8, 4) is 17.2 Å². The molecule has 35 heavy (non-hydrogen) atoms. The number of anilines is 2. The molecule has 5 rings (SSSR count). The number of allylic oxidation sites excluding steroid dienone is 1. The minimum atomic E-state index is -0.357. The summed E-state index contributed by atoms with van der Waals surface area (Å²) in [4.78, 5) is 27.7. The Labute approximate surface area is 203 Å². The third-order valence-electron chi connectivity index (χ3n) is 6.03. The molecule has 0 unspecified atom stereocenters. The first kappa shape index (κ1) is 22.3. The highest BCUT2D eigenvalue weighted by Gasteiger charge is 2.28.